The molecule has 2 aromatic heterocycles. The van der Waals surface area contributed by atoms with Crippen LogP contribution in [0.15, 0.2) is 233 Å². The van der Waals surface area contributed by atoms with Crippen molar-refractivity contribution in [2.24, 2.45) is 0 Å². The Kier molecular flexibility index (Phi) is 7.52. The Labute approximate surface area is 358 Å². The molecule has 0 bridgehead atoms. The third-order valence-corrected chi connectivity index (χ3v) is 13.1. The molecule has 1 aliphatic carbocycles. The van der Waals surface area contributed by atoms with Gasteiger partial charge in [0, 0.05) is 44.0 Å². The molecule has 0 atom stereocenters. The van der Waals surface area contributed by atoms with E-state index in [2.05, 4.69) is 217 Å². The van der Waals surface area contributed by atoms with Crippen LogP contribution in [-0.4, -0.2) is 0 Å². The molecular weight excluding hydrogens is 755 g/mol. The molecule has 0 aliphatic heterocycles. The zero-order valence-corrected chi connectivity index (χ0v) is 33.6. The van der Waals surface area contributed by atoms with Crippen molar-refractivity contribution in [1.82, 2.24) is 0 Å². The minimum atomic E-state index is -0.552. The van der Waals surface area contributed by atoms with E-state index in [1.807, 2.05) is 12.1 Å². The molecule has 12 aromatic rings. The van der Waals surface area contributed by atoms with Crippen molar-refractivity contribution in [1.29, 1.82) is 0 Å². The third-order valence-electron chi connectivity index (χ3n) is 13.1. The summed E-state index contributed by atoms with van der Waals surface area (Å²) < 4.78 is 13.3. The molecule has 3 nitrogen and oxygen atoms in total. The largest absolute Gasteiger partial charge is 0.456 e. The van der Waals surface area contributed by atoms with E-state index in [0.29, 0.717) is 0 Å². The predicted molar refractivity (Wildman–Crippen MR) is 256 cm³/mol. The van der Waals surface area contributed by atoms with E-state index in [4.69, 9.17) is 8.83 Å². The molecule has 1 aliphatic rings. The molecule has 10 aromatic carbocycles. The van der Waals surface area contributed by atoms with Gasteiger partial charge in [-0.2, -0.15) is 0 Å². The average Bonchev–Trinajstić information content (AvgIpc) is 3.99. The highest BCUT2D eigenvalue weighted by atomic mass is 16.3. The van der Waals surface area contributed by atoms with Gasteiger partial charge in [-0.25, -0.2) is 0 Å². The van der Waals surface area contributed by atoms with Gasteiger partial charge in [0.15, 0.2) is 0 Å². The molecule has 62 heavy (non-hydrogen) atoms. The summed E-state index contributed by atoms with van der Waals surface area (Å²) in [7, 11) is 0. The summed E-state index contributed by atoms with van der Waals surface area (Å²) in [5.74, 6) is 0. The van der Waals surface area contributed by atoms with Gasteiger partial charge in [-0.05, 0) is 98.8 Å². The summed E-state index contributed by atoms with van der Waals surface area (Å²) in [5.41, 5.74) is 15.7. The lowest BCUT2D eigenvalue weighted by Gasteiger charge is -2.35. The van der Waals surface area contributed by atoms with Gasteiger partial charge in [0.05, 0.1) is 11.1 Å². The quantitative estimate of drug-likeness (QED) is 0.168. The molecule has 3 heteroatoms. The van der Waals surface area contributed by atoms with Crippen molar-refractivity contribution in [2.45, 2.75) is 5.41 Å². The lowest BCUT2D eigenvalue weighted by atomic mass is 9.67. The maximum atomic E-state index is 6.88. The predicted octanol–water partition coefficient (Wildman–Crippen LogP) is 16.1. The second-order valence-electron chi connectivity index (χ2n) is 16.4. The molecule has 0 fully saturated rings. The van der Waals surface area contributed by atoms with Crippen molar-refractivity contribution in [3.05, 3.63) is 247 Å². The van der Waals surface area contributed by atoms with Crippen LogP contribution in [0.3, 0.4) is 0 Å². The Bertz CT molecular complexity index is 3670. The van der Waals surface area contributed by atoms with Gasteiger partial charge >= 0.3 is 0 Å². The summed E-state index contributed by atoms with van der Waals surface area (Å²) in [4.78, 5) is 2.43. The van der Waals surface area contributed by atoms with E-state index in [1.165, 1.54) is 38.8 Å². The maximum Gasteiger partial charge on any atom is 0.143 e. The van der Waals surface area contributed by atoms with E-state index < -0.39 is 5.41 Å². The summed E-state index contributed by atoms with van der Waals surface area (Å²) >= 11 is 0. The first kappa shape index (κ1) is 34.7. The number of nitrogens with zero attached hydrogens (tertiary/aromatic N) is 1. The highest BCUT2D eigenvalue weighted by Crippen LogP contribution is 2.57. The number of fused-ring (bicyclic) bond motifs is 10. The van der Waals surface area contributed by atoms with Crippen molar-refractivity contribution < 1.29 is 8.83 Å². The third kappa shape index (κ3) is 5.00. The fraction of sp³-hybridized carbons (Fsp3) is 0.0169. The molecular formula is C59H37NO2. The highest BCUT2D eigenvalue weighted by Gasteiger charge is 2.46. The molecule has 0 saturated carbocycles. The highest BCUT2D eigenvalue weighted by molar-refractivity contribution is 6.14. The SMILES string of the molecule is c1ccc(C2(c3ccccc3)c3ccccc3-c3ccc(N(c4ccc5oc6ccccc6c5c4)c4ccccc4-c4cccc5c4oc4cc6ccccc6cc45)cc32)cc1. The Morgan fingerprint density at radius 2 is 0.903 bits per heavy atom. The van der Waals surface area contributed by atoms with Crippen LogP contribution in [0.2, 0.25) is 0 Å². The monoisotopic (exact) mass is 791 g/mol. The first-order valence-corrected chi connectivity index (χ1v) is 21.2. The van der Waals surface area contributed by atoms with Gasteiger partial charge in [-0.15, -0.1) is 0 Å². The van der Waals surface area contributed by atoms with E-state index >= 15 is 0 Å². The van der Waals surface area contributed by atoms with Crippen molar-refractivity contribution in [3.8, 4) is 22.3 Å². The lowest BCUT2D eigenvalue weighted by molar-refractivity contribution is 0.669. The standard InChI is InChI=1S/C59H37NO2/c1-3-18-40(19-4-1)59(41-20-5-2-6-21-41)52-27-12-9-22-44(52)45-32-30-43(37-53(45)59)60(42-31-33-56-51(36-42)47-24-11-14-29-55(47)61-56)54-28-13-10-23-46(54)48-25-15-26-49-50-34-38-16-7-8-17-39(38)35-57(50)62-58(48)49/h1-37H. The molecule has 13 rings (SSSR count). The van der Waals surface area contributed by atoms with E-state index in [9.17, 15) is 0 Å². The van der Waals surface area contributed by atoms with Crippen LogP contribution < -0.4 is 4.90 Å². The van der Waals surface area contributed by atoms with Gasteiger partial charge in [0.25, 0.3) is 0 Å². The minimum absolute atomic E-state index is 0.552. The smallest absolute Gasteiger partial charge is 0.143 e. The van der Waals surface area contributed by atoms with Crippen LogP contribution in [0.5, 0.6) is 0 Å². The van der Waals surface area contributed by atoms with Crippen LogP contribution in [0.25, 0.3) is 76.9 Å². The zero-order valence-electron chi connectivity index (χ0n) is 33.6. The fourth-order valence-corrected chi connectivity index (χ4v) is 10.4. The number of rotatable bonds is 6. The van der Waals surface area contributed by atoms with Crippen molar-refractivity contribution in [2.75, 3.05) is 4.90 Å². The minimum Gasteiger partial charge on any atom is -0.456 e. The topological polar surface area (TPSA) is 29.5 Å². The molecule has 2 heterocycles. The number of hydrogen-bond donors (Lipinski definition) is 0. The molecule has 0 N–H and O–H groups in total. The second-order valence-corrected chi connectivity index (χ2v) is 16.4. The van der Waals surface area contributed by atoms with Crippen molar-refractivity contribution in [3.63, 3.8) is 0 Å². The van der Waals surface area contributed by atoms with Crippen LogP contribution in [0.1, 0.15) is 22.3 Å². The Morgan fingerprint density at radius 1 is 0.323 bits per heavy atom. The second kappa shape index (κ2) is 13.4. The van der Waals surface area contributed by atoms with E-state index in [-0.39, 0.29) is 0 Å². The number of anilines is 3. The van der Waals surface area contributed by atoms with E-state index in [0.717, 1.165) is 77.5 Å². The van der Waals surface area contributed by atoms with E-state index in [1.54, 1.807) is 0 Å². The number of benzene rings is 10. The van der Waals surface area contributed by atoms with Gasteiger partial charge < -0.3 is 13.7 Å². The summed E-state index contributed by atoms with van der Waals surface area (Å²) in [6.45, 7) is 0. The van der Waals surface area contributed by atoms with Crippen molar-refractivity contribution >= 4 is 71.7 Å². The molecule has 0 saturated heterocycles. The Balaban J connectivity index is 1.09. The van der Waals surface area contributed by atoms with Crippen LogP contribution in [-0.2, 0) is 5.41 Å². The van der Waals surface area contributed by atoms with Gasteiger partial charge in [-0.3, -0.25) is 0 Å². The van der Waals surface area contributed by atoms with Gasteiger partial charge in [0.1, 0.15) is 22.3 Å². The number of para-hydroxylation sites is 3. The Hall–Kier alpha value is -8.14. The summed E-state index contributed by atoms with van der Waals surface area (Å²) in [6.07, 6.45) is 0. The average molecular weight is 792 g/mol. The summed E-state index contributed by atoms with van der Waals surface area (Å²) in [6, 6.07) is 81.2. The van der Waals surface area contributed by atoms with Crippen LogP contribution in [0, 0.1) is 0 Å². The molecule has 0 spiro atoms. The molecule has 0 amide bonds. The van der Waals surface area contributed by atoms with Crippen LogP contribution in [0.4, 0.5) is 17.1 Å². The number of furan rings is 2. The normalized spacial score (nSPS) is 13.0. The fourth-order valence-electron chi connectivity index (χ4n) is 10.4. The van der Waals surface area contributed by atoms with Gasteiger partial charge in [-0.1, -0.05) is 170 Å². The lowest BCUT2D eigenvalue weighted by Crippen LogP contribution is -2.28. The summed E-state index contributed by atoms with van der Waals surface area (Å²) in [5, 5.41) is 6.74. The maximum absolute atomic E-state index is 6.88. The first-order chi connectivity index (χ1) is 30.7. The molecule has 0 radical (unpaired) electrons. The molecule has 0 unspecified atom stereocenters. The van der Waals surface area contributed by atoms with Crippen LogP contribution >= 0.6 is 0 Å². The van der Waals surface area contributed by atoms with Gasteiger partial charge in [0.2, 0.25) is 0 Å². The number of hydrogen-bond acceptors (Lipinski definition) is 3. The Morgan fingerprint density at radius 3 is 1.73 bits per heavy atom. The first-order valence-electron chi connectivity index (χ1n) is 21.2. The zero-order chi connectivity index (χ0) is 40.8. The molecule has 290 valence electrons.